The third kappa shape index (κ3) is 1.90. The molecule has 1 aromatic heterocycles. The highest BCUT2D eigenvalue weighted by Crippen LogP contribution is 2.11. The lowest BCUT2D eigenvalue weighted by atomic mass is 10.2. The number of aromatic nitrogens is 4. The lowest BCUT2D eigenvalue weighted by molar-refractivity contribution is 0.0872. The molecule has 0 spiro atoms. The number of rotatable bonds is 2. The predicted octanol–water partition coefficient (Wildman–Crippen LogP) is 1.39. The smallest absolute Gasteiger partial charge is 0.266 e. The summed E-state index contributed by atoms with van der Waals surface area (Å²) >= 11 is 0. The highest BCUT2D eigenvalue weighted by atomic mass is 16.2. The van der Waals surface area contributed by atoms with Gasteiger partial charge in [0, 0.05) is 12.0 Å². The third-order valence-electron chi connectivity index (χ3n) is 1.97. The minimum atomic E-state index is -0.162. The average molecular weight is 202 g/mol. The van der Waals surface area contributed by atoms with Crippen molar-refractivity contribution in [3.8, 4) is 11.4 Å². The quantitative estimate of drug-likeness (QED) is 0.738. The van der Waals surface area contributed by atoms with E-state index in [1.807, 2.05) is 30.3 Å². The Balaban J connectivity index is 2.32. The number of carbonyl (C=O) groups excluding carboxylic acids is 1. The number of tetrazole rings is 1. The van der Waals surface area contributed by atoms with Gasteiger partial charge in [0.15, 0.2) is 0 Å². The summed E-state index contributed by atoms with van der Waals surface area (Å²) in [5.41, 5.74) is 0.854. The normalized spacial score (nSPS) is 10.2. The number of hydrogen-bond donors (Lipinski definition) is 0. The molecule has 0 aliphatic carbocycles. The van der Waals surface area contributed by atoms with E-state index in [-0.39, 0.29) is 5.91 Å². The molecule has 0 bridgehead atoms. The van der Waals surface area contributed by atoms with Crippen LogP contribution in [0.2, 0.25) is 0 Å². The SMILES string of the molecule is CCC(=O)n1nnc(-c2ccccc2)n1. The van der Waals surface area contributed by atoms with E-state index < -0.39 is 0 Å². The van der Waals surface area contributed by atoms with Gasteiger partial charge >= 0.3 is 0 Å². The summed E-state index contributed by atoms with van der Waals surface area (Å²) in [5.74, 6) is 0.307. The van der Waals surface area contributed by atoms with Gasteiger partial charge in [-0.25, -0.2) is 0 Å². The van der Waals surface area contributed by atoms with Gasteiger partial charge < -0.3 is 0 Å². The van der Waals surface area contributed by atoms with Crippen molar-refractivity contribution in [1.82, 2.24) is 20.2 Å². The molecule has 5 heteroatoms. The molecule has 0 atom stereocenters. The first-order chi connectivity index (χ1) is 7.31. The summed E-state index contributed by atoms with van der Waals surface area (Å²) in [6.07, 6.45) is 0.366. The first-order valence-electron chi connectivity index (χ1n) is 4.70. The molecule has 0 N–H and O–H groups in total. The summed E-state index contributed by atoms with van der Waals surface area (Å²) in [7, 11) is 0. The van der Waals surface area contributed by atoms with Crippen LogP contribution in [0.4, 0.5) is 0 Å². The van der Waals surface area contributed by atoms with Crippen molar-refractivity contribution in [3.05, 3.63) is 30.3 Å². The Labute approximate surface area is 86.7 Å². The molecular weight excluding hydrogens is 192 g/mol. The monoisotopic (exact) mass is 202 g/mol. The molecule has 0 radical (unpaired) electrons. The summed E-state index contributed by atoms with van der Waals surface area (Å²) < 4.78 is 0. The maximum Gasteiger partial charge on any atom is 0.266 e. The number of benzene rings is 1. The van der Waals surface area contributed by atoms with Gasteiger partial charge in [-0.2, -0.15) is 0 Å². The van der Waals surface area contributed by atoms with Crippen LogP contribution < -0.4 is 0 Å². The largest absolute Gasteiger partial charge is 0.271 e. The predicted molar refractivity (Wildman–Crippen MR) is 54.2 cm³/mol. The Morgan fingerprint density at radius 2 is 2.07 bits per heavy atom. The molecule has 0 saturated carbocycles. The zero-order valence-electron chi connectivity index (χ0n) is 8.29. The molecule has 0 amide bonds. The van der Waals surface area contributed by atoms with Crippen molar-refractivity contribution in [1.29, 1.82) is 0 Å². The van der Waals surface area contributed by atoms with Crippen molar-refractivity contribution < 1.29 is 4.79 Å². The zero-order chi connectivity index (χ0) is 10.7. The second-order valence-corrected chi connectivity index (χ2v) is 3.02. The van der Waals surface area contributed by atoms with Crippen LogP contribution >= 0.6 is 0 Å². The molecule has 1 aromatic carbocycles. The van der Waals surface area contributed by atoms with Gasteiger partial charge in [-0.05, 0) is 5.21 Å². The van der Waals surface area contributed by atoms with Gasteiger partial charge in [0.05, 0.1) is 0 Å². The Kier molecular flexibility index (Phi) is 2.53. The highest BCUT2D eigenvalue weighted by molar-refractivity contribution is 5.76. The van der Waals surface area contributed by atoms with Gasteiger partial charge in [0.2, 0.25) is 5.82 Å². The highest BCUT2D eigenvalue weighted by Gasteiger charge is 2.08. The summed E-state index contributed by atoms with van der Waals surface area (Å²) in [6, 6.07) is 9.43. The van der Waals surface area contributed by atoms with Crippen LogP contribution in [0.15, 0.2) is 30.3 Å². The van der Waals surface area contributed by atoms with E-state index in [2.05, 4.69) is 15.4 Å². The van der Waals surface area contributed by atoms with Crippen LogP contribution in [0.5, 0.6) is 0 Å². The van der Waals surface area contributed by atoms with E-state index in [4.69, 9.17) is 0 Å². The van der Waals surface area contributed by atoms with Gasteiger partial charge in [0.25, 0.3) is 5.91 Å². The first kappa shape index (κ1) is 9.51. The number of nitrogens with zero attached hydrogens (tertiary/aromatic N) is 4. The standard InChI is InChI=1S/C10H10N4O/c1-2-9(15)14-12-10(11-13-14)8-6-4-3-5-7-8/h3-7H,2H2,1H3. The van der Waals surface area contributed by atoms with Crippen molar-refractivity contribution in [2.75, 3.05) is 0 Å². The summed E-state index contributed by atoms with van der Waals surface area (Å²) in [5, 5.41) is 11.5. The van der Waals surface area contributed by atoms with Gasteiger partial charge in [-0.3, -0.25) is 4.79 Å². The van der Waals surface area contributed by atoms with Gasteiger partial charge in [0.1, 0.15) is 0 Å². The molecule has 0 fully saturated rings. The summed E-state index contributed by atoms with van der Waals surface area (Å²) in [4.78, 5) is 12.3. The molecule has 2 aromatic rings. The molecule has 0 aliphatic heterocycles. The van der Waals surface area contributed by atoms with Gasteiger partial charge in [-0.15, -0.1) is 10.2 Å². The minimum Gasteiger partial charge on any atom is -0.271 e. The van der Waals surface area contributed by atoms with Crippen LogP contribution in [0, 0.1) is 0 Å². The Hall–Kier alpha value is -2.04. The molecule has 15 heavy (non-hydrogen) atoms. The number of carbonyl (C=O) groups is 1. The zero-order valence-corrected chi connectivity index (χ0v) is 8.29. The third-order valence-corrected chi connectivity index (χ3v) is 1.97. The Morgan fingerprint density at radius 1 is 1.33 bits per heavy atom. The first-order valence-corrected chi connectivity index (χ1v) is 4.70. The fourth-order valence-electron chi connectivity index (χ4n) is 1.16. The van der Waals surface area contributed by atoms with Crippen LogP contribution in [-0.4, -0.2) is 26.1 Å². The lowest BCUT2D eigenvalue weighted by Crippen LogP contribution is -2.12. The maximum absolute atomic E-state index is 11.3. The van der Waals surface area contributed by atoms with E-state index >= 15 is 0 Å². The van der Waals surface area contributed by atoms with Crippen molar-refractivity contribution in [2.24, 2.45) is 0 Å². The van der Waals surface area contributed by atoms with E-state index in [9.17, 15) is 4.79 Å². The van der Waals surface area contributed by atoms with Crippen LogP contribution in [0.1, 0.15) is 18.1 Å². The van der Waals surface area contributed by atoms with Gasteiger partial charge in [-0.1, -0.05) is 42.1 Å². The van der Waals surface area contributed by atoms with E-state index in [0.717, 1.165) is 10.4 Å². The van der Waals surface area contributed by atoms with Crippen LogP contribution in [-0.2, 0) is 0 Å². The van der Waals surface area contributed by atoms with Crippen molar-refractivity contribution in [2.45, 2.75) is 13.3 Å². The Bertz CT molecular complexity index is 463. The van der Waals surface area contributed by atoms with E-state index in [0.29, 0.717) is 12.2 Å². The molecule has 5 nitrogen and oxygen atoms in total. The van der Waals surface area contributed by atoms with E-state index in [1.165, 1.54) is 0 Å². The molecule has 2 rings (SSSR count). The molecule has 0 aliphatic rings. The Morgan fingerprint density at radius 3 is 2.73 bits per heavy atom. The molecule has 0 unspecified atom stereocenters. The van der Waals surface area contributed by atoms with Crippen molar-refractivity contribution >= 4 is 5.91 Å². The second kappa shape index (κ2) is 4.00. The average Bonchev–Trinajstić information content (AvgIpc) is 2.78. The number of hydrogen-bond acceptors (Lipinski definition) is 4. The summed E-state index contributed by atoms with van der Waals surface area (Å²) in [6.45, 7) is 1.76. The topological polar surface area (TPSA) is 60.7 Å². The molecule has 0 saturated heterocycles. The second-order valence-electron chi connectivity index (χ2n) is 3.02. The van der Waals surface area contributed by atoms with Crippen molar-refractivity contribution in [3.63, 3.8) is 0 Å². The molecule has 1 heterocycles. The van der Waals surface area contributed by atoms with E-state index in [1.54, 1.807) is 6.92 Å². The maximum atomic E-state index is 11.3. The van der Waals surface area contributed by atoms with Crippen LogP contribution in [0.25, 0.3) is 11.4 Å². The van der Waals surface area contributed by atoms with Crippen LogP contribution in [0.3, 0.4) is 0 Å². The minimum absolute atomic E-state index is 0.162. The fourth-order valence-corrected chi connectivity index (χ4v) is 1.16. The molecule has 76 valence electrons. The fraction of sp³-hybridized carbons (Fsp3) is 0.200. The lowest BCUT2D eigenvalue weighted by Gasteiger charge is -1.92. The molecular formula is C10H10N4O.